The molecule has 1 atom stereocenters. The number of rotatable bonds is 4. The average Bonchev–Trinajstić information content (AvgIpc) is 3.09. The summed E-state index contributed by atoms with van der Waals surface area (Å²) in [5, 5.41) is 4.33. The van der Waals surface area contributed by atoms with E-state index in [4.69, 9.17) is 4.74 Å². The maximum atomic E-state index is 13.2. The van der Waals surface area contributed by atoms with E-state index < -0.39 is 17.8 Å². The van der Waals surface area contributed by atoms with Gasteiger partial charge in [0.2, 0.25) is 5.91 Å². The fourth-order valence-electron chi connectivity index (χ4n) is 3.75. The van der Waals surface area contributed by atoms with Crippen LogP contribution in [-0.4, -0.2) is 50.3 Å². The zero-order chi connectivity index (χ0) is 22.9. The lowest BCUT2D eigenvalue weighted by Gasteiger charge is -2.33. The van der Waals surface area contributed by atoms with Crippen LogP contribution in [-0.2, 0) is 22.3 Å². The Hall–Kier alpha value is -3.27. The number of nitrogens with zero attached hydrogens (tertiary/aromatic N) is 5. The number of aryl methyl sites for hydroxylation is 2. The van der Waals surface area contributed by atoms with Gasteiger partial charge in [0.25, 0.3) is 0 Å². The van der Waals surface area contributed by atoms with Crippen molar-refractivity contribution >= 4 is 5.91 Å². The van der Waals surface area contributed by atoms with Crippen LogP contribution in [0, 0.1) is 13.8 Å². The van der Waals surface area contributed by atoms with Gasteiger partial charge in [-0.25, -0.2) is 0 Å². The lowest BCUT2D eigenvalue weighted by Crippen LogP contribution is -2.44. The van der Waals surface area contributed by atoms with Gasteiger partial charge in [-0.2, -0.15) is 18.3 Å². The van der Waals surface area contributed by atoms with Crippen molar-refractivity contribution in [1.29, 1.82) is 0 Å². The first-order valence-electron chi connectivity index (χ1n) is 10.1. The fraction of sp³-hybridized carbons (Fsp3) is 0.364. The maximum absolute atomic E-state index is 13.2. The van der Waals surface area contributed by atoms with Gasteiger partial charge in [0, 0.05) is 30.2 Å². The highest BCUT2D eigenvalue weighted by atomic mass is 19.4. The topological polar surface area (TPSA) is 73.1 Å². The van der Waals surface area contributed by atoms with Crippen LogP contribution in [0.25, 0.3) is 11.3 Å². The van der Waals surface area contributed by atoms with E-state index in [2.05, 4.69) is 15.1 Å². The van der Waals surface area contributed by atoms with Crippen molar-refractivity contribution < 1.29 is 22.7 Å². The van der Waals surface area contributed by atoms with Gasteiger partial charge < -0.3 is 9.64 Å². The summed E-state index contributed by atoms with van der Waals surface area (Å²) in [5.41, 5.74) is 1.95. The van der Waals surface area contributed by atoms with E-state index in [0.717, 1.165) is 23.5 Å². The Morgan fingerprint density at radius 3 is 2.69 bits per heavy atom. The van der Waals surface area contributed by atoms with E-state index in [1.54, 1.807) is 15.6 Å². The maximum Gasteiger partial charge on any atom is 0.416 e. The van der Waals surface area contributed by atoms with E-state index in [1.165, 1.54) is 18.5 Å². The average molecular weight is 445 g/mol. The highest BCUT2D eigenvalue weighted by Crippen LogP contribution is 2.34. The predicted octanol–water partition coefficient (Wildman–Crippen LogP) is 3.58. The minimum atomic E-state index is -4.47. The van der Waals surface area contributed by atoms with Gasteiger partial charge in [-0.3, -0.25) is 19.4 Å². The summed E-state index contributed by atoms with van der Waals surface area (Å²) in [6.07, 6.45) is -2.18. The van der Waals surface area contributed by atoms with Crippen LogP contribution in [0.5, 0.6) is 0 Å². The molecule has 3 heterocycles. The van der Waals surface area contributed by atoms with Crippen LogP contribution in [0.1, 0.15) is 28.7 Å². The minimum absolute atomic E-state index is 0.105. The highest BCUT2D eigenvalue weighted by Gasteiger charge is 2.32. The number of amides is 1. The molecule has 1 saturated heterocycles. The number of alkyl halides is 3. The number of hydrogen-bond acceptors (Lipinski definition) is 5. The van der Waals surface area contributed by atoms with Gasteiger partial charge in [-0.05, 0) is 32.0 Å². The summed E-state index contributed by atoms with van der Waals surface area (Å²) in [7, 11) is 0. The molecule has 0 saturated carbocycles. The smallest absolute Gasteiger partial charge is 0.368 e. The first-order valence-corrected chi connectivity index (χ1v) is 10.1. The number of aromatic nitrogens is 4. The Labute approximate surface area is 182 Å². The molecular formula is C22H22F3N5O2. The Kier molecular flexibility index (Phi) is 5.96. The number of ether oxygens (including phenoxy) is 1. The third-order valence-corrected chi connectivity index (χ3v) is 5.30. The first-order chi connectivity index (χ1) is 15.2. The Morgan fingerprint density at radius 2 is 1.97 bits per heavy atom. The van der Waals surface area contributed by atoms with E-state index in [1.807, 2.05) is 19.9 Å². The fourth-order valence-corrected chi connectivity index (χ4v) is 3.75. The van der Waals surface area contributed by atoms with Crippen molar-refractivity contribution in [3.8, 4) is 11.3 Å². The SMILES string of the molecule is Cc1cc(C)n(CC(=O)N2CCO[C@@H](c3nccnc3-c3cccc(C(F)(F)F)c3)C2)n1. The second-order valence-electron chi connectivity index (χ2n) is 7.65. The Balaban J connectivity index is 1.57. The van der Waals surface area contributed by atoms with E-state index >= 15 is 0 Å². The monoisotopic (exact) mass is 445 g/mol. The molecule has 2 aromatic heterocycles. The zero-order valence-corrected chi connectivity index (χ0v) is 17.6. The minimum Gasteiger partial charge on any atom is -0.368 e. The molecule has 0 spiro atoms. The van der Waals surface area contributed by atoms with Gasteiger partial charge in [0.15, 0.2) is 0 Å². The molecule has 7 nitrogen and oxygen atoms in total. The summed E-state index contributed by atoms with van der Waals surface area (Å²) in [6, 6.07) is 6.84. The molecule has 1 fully saturated rings. The highest BCUT2D eigenvalue weighted by molar-refractivity contribution is 5.76. The molecule has 1 aromatic carbocycles. The first kappa shape index (κ1) is 21.9. The van der Waals surface area contributed by atoms with Crippen LogP contribution in [0.3, 0.4) is 0 Å². The van der Waals surface area contributed by atoms with Crippen LogP contribution < -0.4 is 0 Å². The van der Waals surface area contributed by atoms with Crippen molar-refractivity contribution in [3.63, 3.8) is 0 Å². The second kappa shape index (κ2) is 8.70. The molecule has 0 radical (unpaired) electrons. The summed E-state index contributed by atoms with van der Waals surface area (Å²) in [5.74, 6) is -0.117. The number of hydrogen-bond donors (Lipinski definition) is 0. The van der Waals surface area contributed by atoms with Gasteiger partial charge >= 0.3 is 6.18 Å². The lowest BCUT2D eigenvalue weighted by molar-refractivity contribution is -0.140. The van der Waals surface area contributed by atoms with Gasteiger partial charge in [-0.15, -0.1) is 0 Å². The molecule has 10 heteroatoms. The summed E-state index contributed by atoms with van der Waals surface area (Å²) in [6.45, 7) is 4.77. The largest absolute Gasteiger partial charge is 0.416 e. The van der Waals surface area contributed by atoms with Crippen molar-refractivity contribution in [2.45, 2.75) is 32.7 Å². The summed E-state index contributed by atoms with van der Waals surface area (Å²) < 4.78 is 47.0. The summed E-state index contributed by atoms with van der Waals surface area (Å²) in [4.78, 5) is 23.1. The molecule has 4 rings (SSSR count). The Morgan fingerprint density at radius 1 is 1.19 bits per heavy atom. The van der Waals surface area contributed by atoms with E-state index in [-0.39, 0.29) is 31.2 Å². The number of morpholine rings is 1. The van der Waals surface area contributed by atoms with Gasteiger partial charge in [0.05, 0.1) is 35.8 Å². The normalized spacial score (nSPS) is 16.9. The third-order valence-electron chi connectivity index (χ3n) is 5.30. The molecule has 0 aliphatic carbocycles. The molecule has 0 unspecified atom stereocenters. The van der Waals surface area contributed by atoms with E-state index in [0.29, 0.717) is 17.9 Å². The number of carbonyl (C=O) groups is 1. The molecule has 0 bridgehead atoms. The molecule has 1 amide bonds. The lowest BCUT2D eigenvalue weighted by atomic mass is 10.0. The zero-order valence-electron chi connectivity index (χ0n) is 17.6. The van der Waals surface area contributed by atoms with Gasteiger partial charge in [0.1, 0.15) is 12.6 Å². The van der Waals surface area contributed by atoms with Crippen LogP contribution in [0.15, 0.2) is 42.7 Å². The summed E-state index contributed by atoms with van der Waals surface area (Å²) >= 11 is 0. The number of halogens is 3. The molecular weight excluding hydrogens is 423 g/mol. The van der Waals surface area contributed by atoms with Crippen LogP contribution in [0.4, 0.5) is 13.2 Å². The number of benzene rings is 1. The quantitative estimate of drug-likeness (QED) is 0.614. The standard InChI is InChI=1S/C22H22F3N5O2/c1-14-10-15(2)30(28-14)13-19(31)29-8-9-32-18(12-29)21-20(26-6-7-27-21)16-4-3-5-17(11-16)22(23,24)25/h3-7,10-11,18H,8-9,12-13H2,1-2H3/t18-/m1/s1. The molecule has 32 heavy (non-hydrogen) atoms. The molecule has 168 valence electrons. The molecule has 3 aromatic rings. The van der Waals surface area contributed by atoms with Crippen LogP contribution in [0.2, 0.25) is 0 Å². The molecule has 1 aliphatic heterocycles. The second-order valence-corrected chi connectivity index (χ2v) is 7.65. The predicted molar refractivity (Wildman–Crippen MR) is 109 cm³/mol. The van der Waals surface area contributed by atoms with E-state index in [9.17, 15) is 18.0 Å². The van der Waals surface area contributed by atoms with Gasteiger partial charge in [-0.1, -0.05) is 12.1 Å². The number of carbonyl (C=O) groups excluding carboxylic acids is 1. The van der Waals surface area contributed by atoms with Crippen molar-refractivity contribution in [1.82, 2.24) is 24.6 Å². The Bertz CT molecular complexity index is 1130. The van der Waals surface area contributed by atoms with Crippen LogP contribution >= 0.6 is 0 Å². The van der Waals surface area contributed by atoms with Crippen molar-refractivity contribution in [2.24, 2.45) is 0 Å². The van der Waals surface area contributed by atoms with Crippen molar-refractivity contribution in [3.05, 3.63) is 65.4 Å². The van der Waals surface area contributed by atoms with Crippen molar-refractivity contribution in [2.75, 3.05) is 19.7 Å². The molecule has 0 N–H and O–H groups in total. The molecule has 1 aliphatic rings. The third kappa shape index (κ3) is 4.64.